The Labute approximate surface area is 193 Å². The number of carbonyl (C=O) groups is 1. The van der Waals surface area contributed by atoms with Crippen LogP contribution in [0.15, 0.2) is 69.6 Å². The molecule has 3 unspecified atom stereocenters. The Morgan fingerprint density at radius 1 is 1.28 bits per heavy atom. The van der Waals surface area contributed by atoms with Crippen molar-refractivity contribution in [2.45, 2.75) is 18.9 Å². The van der Waals surface area contributed by atoms with E-state index in [1.807, 2.05) is 42.7 Å². The molecule has 3 atom stereocenters. The van der Waals surface area contributed by atoms with Gasteiger partial charge in [0.25, 0.3) is 0 Å². The largest absolute Gasteiger partial charge is 0.445 e. The summed E-state index contributed by atoms with van der Waals surface area (Å²) in [5, 5.41) is 14.5. The number of amides is 1. The first-order valence-corrected chi connectivity index (χ1v) is 12.2. The summed E-state index contributed by atoms with van der Waals surface area (Å²) in [4.78, 5) is 12.4. The number of rotatable bonds is 13. The molecular formula is C23H31N5O3S. The summed E-state index contributed by atoms with van der Waals surface area (Å²) in [6.45, 7) is 1.79. The van der Waals surface area contributed by atoms with E-state index in [4.69, 9.17) is 15.2 Å². The zero-order valence-corrected chi connectivity index (χ0v) is 19.2. The highest BCUT2D eigenvalue weighted by Gasteiger charge is 2.35. The van der Waals surface area contributed by atoms with Crippen LogP contribution in [-0.2, 0) is 15.9 Å². The van der Waals surface area contributed by atoms with Crippen molar-refractivity contribution in [3.8, 4) is 0 Å². The lowest BCUT2D eigenvalue weighted by Crippen LogP contribution is -2.46. The smallest absolute Gasteiger partial charge is 0.408 e. The third kappa shape index (κ3) is 8.47. The van der Waals surface area contributed by atoms with Crippen LogP contribution in [0.1, 0.15) is 12.0 Å². The van der Waals surface area contributed by atoms with E-state index in [1.165, 1.54) is 6.42 Å². The number of ether oxygens (including phenoxy) is 2. The van der Waals surface area contributed by atoms with Gasteiger partial charge in [0.1, 0.15) is 12.4 Å². The number of amidine groups is 1. The van der Waals surface area contributed by atoms with Gasteiger partial charge in [0.05, 0.1) is 25.8 Å². The van der Waals surface area contributed by atoms with Crippen molar-refractivity contribution >= 4 is 23.7 Å². The molecular weight excluding hydrogens is 426 g/mol. The van der Waals surface area contributed by atoms with Crippen LogP contribution in [0, 0.1) is 11.8 Å². The van der Waals surface area contributed by atoms with Crippen molar-refractivity contribution < 1.29 is 14.3 Å². The Kier molecular flexibility index (Phi) is 9.77. The second-order valence-electron chi connectivity index (χ2n) is 7.71. The van der Waals surface area contributed by atoms with E-state index >= 15 is 0 Å². The summed E-state index contributed by atoms with van der Waals surface area (Å²) in [6.07, 6.45) is 9.54. The topological polar surface area (TPSA) is 111 Å². The van der Waals surface area contributed by atoms with Crippen molar-refractivity contribution in [1.29, 1.82) is 0 Å². The number of fused-ring (bicyclic) bond motifs is 1. The number of carbonyl (C=O) groups excluding carboxylic acids is 1. The van der Waals surface area contributed by atoms with Crippen LogP contribution < -0.4 is 11.1 Å². The minimum Gasteiger partial charge on any atom is -0.445 e. The van der Waals surface area contributed by atoms with Gasteiger partial charge in [-0.25, -0.2) is 4.79 Å². The third-order valence-corrected chi connectivity index (χ3v) is 5.74. The van der Waals surface area contributed by atoms with Crippen molar-refractivity contribution in [3.63, 3.8) is 0 Å². The van der Waals surface area contributed by atoms with E-state index in [9.17, 15) is 4.79 Å². The highest BCUT2D eigenvalue weighted by molar-refractivity contribution is 7.98. The highest BCUT2D eigenvalue weighted by Crippen LogP contribution is 2.44. The fraction of sp³-hybridized carbons (Fsp3) is 0.478. The van der Waals surface area contributed by atoms with Crippen molar-refractivity contribution in [1.82, 2.24) is 5.32 Å². The number of hydrogen-bond donors (Lipinski definition) is 2. The minimum absolute atomic E-state index is 0.162. The van der Waals surface area contributed by atoms with Crippen LogP contribution in [0.2, 0.25) is 0 Å². The predicted octanol–water partition coefficient (Wildman–Crippen LogP) is 3.56. The summed E-state index contributed by atoms with van der Waals surface area (Å²) in [7, 11) is 0. The molecule has 1 fully saturated rings. The van der Waals surface area contributed by atoms with Gasteiger partial charge in [-0.05, 0) is 40.9 Å². The Hall–Kier alpha value is -2.65. The lowest BCUT2D eigenvalue weighted by Gasteiger charge is -2.18. The minimum atomic E-state index is -0.564. The number of hydrogen-bond acceptors (Lipinski definition) is 6. The van der Waals surface area contributed by atoms with Gasteiger partial charge in [-0.2, -0.15) is 16.9 Å². The molecule has 172 valence electrons. The monoisotopic (exact) mass is 457 g/mol. The first-order chi connectivity index (χ1) is 15.7. The number of nitrogens with zero attached hydrogens (tertiary/aromatic N) is 3. The fourth-order valence-electron chi connectivity index (χ4n) is 3.28. The number of allylic oxidation sites excluding steroid dienone is 2. The average Bonchev–Trinajstić information content (AvgIpc) is 3.58. The van der Waals surface area contributed by atoms with Crippen LogP contribution in [-0.4, -0.2) is 56.3 Å². The maximum absolute atomic E-state index is 12.4. The summed E-state index contributed by atoms with van der Waals surface area (Å²) >= 11 is 1.73. The maximum Gasteiger partial charge on any atom is 0.408 e. The molecule has 0 heterocycles. The molecule has 0 saturated heterocycles. The van der Waals surface area contributed by atoms with E-state index < -0.39 is 12.1 Å². The zero-order chi connectivity index (χ0) is 22.6. The first-order valence-electron chi connectivity index (χ1n) is 10.8. The molecule has 2 aliphatic rings. The molecule has 2 aliphatic carbocycles. The molecule has 0 aromatic heterocycles. The van der Waals surface area contributed by atoms with E-state index in [1.54, 1.807) is 11.8 Å². The molecule has 3 N–H and O–H groups in total. The molecule has 3 rings (SSSR count). The van der Waals surface area contributed by atoms with Crippen molar-refractivity contribution in [2.75, 3.05) is 38.4 Å². The van der Waals surface area contributed by atoms with Crippen molar-refractivity contribution in [2.24, 2.45) is 33.0 Å². The van der Waals surface area contributed by atoms with Crippen LogP contribution in [0.3, 0.4) is 0 Å². The number of nitrogens with one attached hydrogen (secondary N) is 1. The molecule has 0 aliphatic heterocycles. The SMILES string of the molecule is CSCCOCCN=N/N=C(\N)C(Cc1ccccc1)NC(=O)OCC1=CC2CC2C=C1. The molecule has 9 heteroatoms. The summed E-state index contributed by atoms with van der Waals surface area (Å²) in [6, 6.07) is 9.16. The number of nitrogens with two attached hydrogens (primary N) is 1. The fourth-order valence-corrected chi connectivity index (χ4v) is 3.57. The molecule has 0 spiro atoms. The van der Waals surface area contributed by atoms with E-state index in [0.29, 0.717) is 38.0 Å². The van der Waals surface area contributed by atoms with Gasteiger partial charge in [0.2, 0.25) is 0 Å². The zero-order valence-electron chi connectivity index (χ0n) is 18.4. The van der Waals surface area contributed by atoms with Crippen LogP contribution in [0.4, 0.5) is 4.79 Å². The molecule has 1 amide bonds. The average molecular weight is 458 g/mol. The van der Waals surface area contributed by atoms with Crippen LogP contribution >= 0.6 is 11.8 Å². The molecule has 0 radical (unpaired) electrons. The van der Waals surface area contributed by atoms with Crippen molar-refractivity contribution in [3.05, 3.63) is 59.7 Å². The molecule has 0 bridgehead atoms. The van der Waals surface area contributed by atoms with Gasteiger partial charge in [-0.15, -0.1) is 5.10 Å². The first kappa shape index (κ1) is 24.0. The van der Waals surface area contributed by atoms with E-state index in [0.717, 1.165) is 16.9 Å². The standard InChI is InChI=1S/C23H31N5O3S/c1-32-12-11-30-10-9-25-28-27-22(24)21(14-17-5-3-2-4-6-17)26-23(29)31-16-18-7-8-19-15-20(19)13-18/h2-8,13,19-21H,9-12,14-16H2,1H3,(H,26,29)(H2,24,25,27). The highest BCUT2D eigenvalue weighted by atomic mass is 32.2. The Balaban J connectivity index is 1.51. The Morgan fingerprint density at radius 3 is 2.91 bits per heavy atom. The second kappa shape index (κ2) is 13.0. The van der Waals surface area contributed by atoms with Gasteiger partial charge in [-0.3, -0.25) is 0 Å². The number of thioether (sulfide) groups is 1. The van der Waals surface area contributed by atoms with Crippen LogP contribution in [0.5, 0.6) is 0 Å². The normalized spacial score (nSPS) is 20.5. The second-order valence-corrected chi connectivity index (χ2v) is 8.70. The molecule has 1 aromatic rings. The van der Waals surface area contributed by atoms with Gasteiger partial charge in [0, 0.05) is 12.2 Å². The van der Waals surface area contributed by atoms with Gasteiger partial charge >= 0.3 is 6.09 Å². The van der Waals surface area contributed by atoms with E-state index in [2.05, 4.69) is 32.9 Å². The van der Waals surface area contributed by atoms with Gasteiger partial charge < -0.3 is 20.5 Å². The lowest BCUT2D eigenvalue weighted by molar-refractivity contribution is 0.154. The molecule has 8 nitrogen and oxygen atoms in total. The summed E-state index contributed by atoms with van der Waals surface area (Å²) < 4.78 is 10.8. The molecule has 1 saturated carbocycles. The van der Waals surface area contributed by atoms with Gasteiger partial charge in [0.15, 0.2) is 0 Å². The summed E-state index contributed by atoms with van der Waals surface area (Å²) in [5.41, 5.74) is 8.16. The molecule has 1 aromatic carbocycles. The Bertz CT molecular complexity index is 856. The number of benzene rings is 1. The Morgan fingerprint density at radius 2 is 2.12 bits per heavy atom. The van der Waals surface area contributed by atoms with E-state index in [-0.39, 0.29) is 12.4 Å². The summed E-state index contributed by atoms with van der Waals surface area (Å²) in [5.74, 6) is 2.39. The lowest BCUT2D eigenvalue weighted by atomic mass is 10.1. The predicted molar refractivity (Wildman–Crippen MR) is 128 cm³/mol. The number of alkyl carbamates (subject to hydrolysis) is 1. The van der Waals surface area contributed by atoms with Crippen LogP contribution in [0.25, 0.3) is 0 Å². The quantitative estimate of drug-likeness (QED) is 0.155. The third-order valence-electron chi connectivity index (χ3n) is 5.17. The molecule has 32 heavy (non-hydrogen) atoms. The van der Waals surface area contributed by atoms with Gasteiger partial charge in [-0.1, -0.05) is 48.6 Å². The maximum atomic E-state index is 12.4.